The molecule has 12 heteroatoms. The lowest BCUT2D eigenvalue weighted by atomic mass is 10.00. The van der Waals surface area contributed by atoms with Crippen LogP contribution in [0.2, 0.25) is 0 Å². The van der Waals surface area contributed by atoms with Crippen molar-refractivity contribution in [1.82, 2.24) is 29.8 Å². The number of H-pyrrole nitrogens is 1. The van der Waals surface area contributed by atoms with Crippen LogP contribution in [0.15, 0.2) is 21.3 Å². The number of carbonyl (C=O) groups is 2. The summed E-state index contributed by atoms with van der Waals surface area (Å²) in [6.07, 6.45) is 7.38. The summed E-state index contributed by atoms with van der Waals surface area (Å²) in [5, 5.41) is 11.0. The molecule has 0 unspecified atom stereocenters. The summed E-state index contributed by atoms with van der Waals surface area (Å²) in [7, 11) is 0. The number of aryl methyl sites for hydroxylation is 2. The fourth-order valence-electron chi connectivity index (χ4n) is 4.14. The number of hydrogen-bond acceptors (Lipinski definition) is 6. The molecular formula is C29H48Br2N6O4. The second-order valence-electron chi connectivity index (χ2n) is 12.7. The van der Waals surface area contributed by atoms with Crippen LogP contribution in [-0.4, -0.2) is 79.3 Å². The summed E-state index contributed by atoms with van der Waals surface area (Å²) in [5.41, 5.74) is 1.26. The van der Waals surface area contributed by atoms with E-state index in [0.717, 1.165) is 78.1 Å². The van der Waals surface area contributed by atoms with Gasteiger partial charge in [-0.3, -0.25) is 9.78 Å². The minimum absolute atomic E-state index is 0.163. The lowest BCUT2D eigenvalue weighted by Gasteiger charge is -2.33. The lowest BCUT2D eigenvalue weighted by Crippen LogP contribution is -2.42. The monoisotopic (exact) mass is 702 g/mol. The third kappa shape index (κ3) is 12.8. The molecule has 4 heterocycles. The predicted octanol–water partition coefficient (Wildman–Crippen LogP) is 7.66. The summed E-state index contributed by atoms with van der Waals surface area (Å²) >= 11 is 6.75. The van der Waals surface area contributed by atoms with Crippen molar-refractivity contribution < 1.29 is 19.1 Å². The van der Waals surface area contributed by atoms with E-state index in [1.165, 1.54) is 0 Å². The van der Waals surface area contributed by atoms with Crippen LogP contribution in [0.4, 0.5) is 9.59 Å². The molecule has 2 aliphatic rings. The Morgan fingerprint density at radius 2 is 1.32 bits per heavy atom. The standard InChI is InChI=1S/C14H22BrN3O2.C11H21NO2.C4H5BrN2/c1-10-12(15)9-18(16-10)11-5-7-17(8-6-11)13(19)20-14(2,3)4;1-9-5-7-12(8-6-9)10(13)14-11(2,3)4;1-3-4(5)2-6-7-3/h9,11H,5-8H2,1-4H3;9H,5-8H2,1-4H3;2H,1H3,(H,6,7). The number of nitrogens with one attached hydrogen (secondary N) is 1. The molecule has 0 aromatic carbocycles. The highest BCUT2D eigenvalue weighted by atomic mass is 79.9. The van der Waals surface area contributed by atoms with Crippen molar-refractivity contribution >= 4 is 44.0 Å². The zero-order chi connectivity index (χ0) is 31.0. The zero-order valence-corrected chi connectivity index (χ0v) is 29.3. The van der Waals surface area contributed by atoms with Crippen LogP contribution in [0.25, 0.3) is 0 Å². The highest BCUT2D eigenvalue weighted by molar-refractivity contribution is 9.10. The van der Waals surface area contributed by atoms with Crippen LogP contribution in [0.3, 0.4) is 0 Å². The number of piperidine rings is 2. The highest BCUT2D eigenvalue weighted by Gasteiger charge is 2.28. The topological polar surface area (TPSA) is 106 Å². The van der Waals surface area contributed by atoms with E-state index in [-0.39, 0.29) is 17.8 Å². The summed E-state index contributed by atoms with van der Waals surface area (Å²) < 4.78 is 14.8. The number of carbonyl (C=O) groups excluding carboxylic acids is 2. The average molecular weight is 705 g/mol. The number of hydrogen-bond donors (Lipinski definition) is 1. The molecule has 2 fully saturated rings. The van der Waals surface area contributed by atoms with Crippen LogP contribution in [0.5, 0.6) is 0 Å². The van der Waals surface area contributed by atoms with Gasteiger partial charge in [0.2, 0.25) is 0 Å². The molecule has 0 radical (unpaired) electrons. The average Bonchev–Trinajstić information content (AvgIpc) is 3.41. The van der Waals surface area contributed by atoms with Crippen LogP contribution < -0.4 is 0 Å². The minimum atomic E-state index is -0.433. The summed E-state index contributed by atoms with van der Waals surface area (Å²) in [5.74, 6) is 0.744. The molecule has 2 aromatic rings. The summed E-state index contributed by atoms with van der Waals surface area (Å²) in [4.78, 5) is 27.2. The van der Waals surface area contributed by atoms with Gasteiger partial charge in [0, 0.05) is 38.1 Å². The normalized spacial score (nSPS) is 16.8. The maximum Gasteiger partial charge on any atom is 0.410 e. The number of aromatic nitrogens is 4. The first-order valence-electron chi connectivity index (χ1n) is 14.3. The van der Waals surface area contributed by atoms with Gasteiger partial charge in [-0.15, -0.1) is 0 Å². The van der Waals surface area contributed by atoms with Crippen molar-refractivity contribution in [2.45, 2.75) is 105 Å². The third-order valence-electron chi connectivity index (χ3n) is 6.55. The van der Waals surface area contributed by atoms with Gasteiger partial charge in [0.15, 0.2) is 0 Å². The number of aromatic amines is 1. The Morgan fingerprint density at radius 3 is 1.63 bits per heavy atom. The maximum absolute atomic E-state index is 12.0. The summed E-state index contributed by atoms with van der Waals surface area (Å²) in [6, 6.07) is 0.360. The van der Waals surface area contributed by atoms with E-state index in [9.17, 15) is 9.59 Å². The van der Waals surface area contributed by atoms with Crippen molar-refractivity contribution in [3.8, 4) is 0 Å². The quantitative estimate of drug-likeness (QED) is 0.327. The number of rotatable bonds is 1. The largest absolute Gasteiger partial charge is 0.444 e. The van der Waals surface area contributed by atoms with Gasteiger partial charge in [0.1, 0.15) is 11.2 Å². The Morgan fingerprint density at radius 1 is 0.854 bits per heavy atom. The second-order valence-corrected chi connectivity index (χ2v) is 14.4. The zero-order valence-electron chi connectivity index (χ0n) is 26.1. The lowest BCUT2D eigenvalue weighted by molar-refractivity contribution is 0.0176. The van der Waals surface area contributed by atoms with Gasteiger partial charge < -0.3 is 19.3 Å². The number of halogens is 2. The van der Waals surface area contributed by atoms with Gasteiger partial charge in [0.25, 0.3) is 0 Å². The molecular weight excluding hydrogens is 656 g/mol. The fraction of sp³-hybridized carbons (Fsp3) is 0.724. The SMILES string of the molecule is CC1CCN(C(=O)OC(C)(C)C)CC1.Cc1[nH]ncc1Br.Cc1nn(C2CCN(C(=O)OC(C)(C)C)CC2)cc1Br. The summed E-state index contributed by atoms with van der Waals surface area (Å²) in [6.45, 7) is 20.7. The first kappa shape index (κ1) is 35.1. The van der Waals surface area contributed by atoms with Gasteiger partial charge in [0.05, 0.1) is 26.9 Å². The van der Waals surface area contributed by atoms with Crippen LogP contribution in [0, 0.1) is 19.8 Å². The molecule has 2 aliphatic heterocycles. The second kappa shape index (κ2) is 15.4. The molecule has 1 N–H and O–H groups in total. The molecule has 2 amide bonds. The molecule has 0 aliphatic carbocycles. The molecule has 2 aromatic heterocycles. The Kier molecular flexibility index (Phi) is 13.2. The molecule has 232 valence electrons. The van der Waals surface area contributed by atoms with Crippen LogP contribution >= 0.6 is 31.9 Å². The van der Waals surface area contributed by atoms with Gasteiger partial charge in [-0.2, -0.15) is 10.2 Å². The molecule has 4 rings (SSSR count). The molecule has 10 nitrogen and oxygen atoms in total. The van der Waals surface area contributed by atoms with E-state index in [4.69, 9.17) is 9.47 Å². The highest BCUT2D eigenvalue weighted by Crippen LogP contribution is 2.26. The molecule has 2 saturated heterocycles. The van der Waals surface area contributed by atoms with Crippen molar-refractivity contribution in [2.24, 2.45) is 5.92 Å². The first-order valence-corrected chi connectivity index (χ1v) is 15.9. The van der Waals surface area contributed by atoms with Crippen molar-refractivity contribution in [3.63, 3.8) is 0 Å². The minimum Gasteiger partial charge on any atom is -0.444 e. The number of amides is 2. The van der Waals surface area contributed by atoms with E-state index < -0.39 is 5.60 Å². The number of ether oxygens (including phenoxy) is 2. The Hall–Kier alpha value is -2.08. The Labute approximate surface area is 262 Å². The van der Waals surface area contributed by atoms with Gasteiger partial charge in [-0.1, -0.05) is 6.92 Å². The molecule has 0 atom stereocenters. The van der Waals surface area contributed by atoms with Crippen LogP contribution in [0.1, 0.15) is 91.6 Å². The third-order valence-corrected chi connectivity index (χ3v) is 8.13. The van der Waals surface area contributed by atoms with E-state index in [0.29, 0.717) is 6.04 Å². The first-order chi connectivity index (χ1) is 18.9. The van der Waals surface area contributed by atoms with E-state index in [2.05, 4.69) is 54.1 Å². The number of nitrogens with zero attached hydrogens (tertiary/aromatic N) is 5. The predicted molar refractivity (Wildman–Crippen MR) is 168 cm³/mol. The van der Waals surface area contributed by atoms with Crippen LogP contribution in [-0.2, 0) is 9.47 Å². The van der Waals surface area contributed by atoms with E-state index in [1.54, 1.807) is 11.1 Å². The molecule has 41 heavy (non-hydrogen) atoms. The van der Waals surface area contributed by atoms with E-state index >= 15 is 0 Å². The van der Waals surface area contributed by atoms with E-state index in [1.807, 2.05) is 71.2 Å². The van der Waals surface area contributed by atoms with Gasteiger partial charge in [-0.05, 0) is 119 Å². The van der Waals surface area contributed by atoms with Crippen molar-refractivity contribution in [3.05, 3.63) is 32.7 Å². The van der Waals surface area contributed by atoms with Gasteiger partial charge in [-0.25, -0.2) is 9.59 Å². The smallest absolute Gasteiger partial charge is 0.410 e. The molecule has 0 saturated carbocycles. The van der Waals surface area contributed by atoms with Gasteiger partial charge >= 0.3 is 12.2 Å². The van der Waals surface area contributed by atoms with Crippen molar-refractivity contribution in [1.29, 1.82) is 0 Å². The maximum atomic E-state index is 12.0. The Bertz CT molecular complexity index is 1070. The molecule has 0 bridgehead atoms. The fourth-order valence-corrected chi connectivity index (χ4v) is 4.62. The Balaban J connectivity index is 0.000000241. The number of likely N-dealkylation sites (tertiary alicyclic amines) is 2. The molecule has 0 spiro atoms. The van der Waals surface area contributed by atoms with Crippen molar-refractivity contribution in [2.75, 3.05) is 26.2 Å².